The molecule has 0 radical (unpaired) electrons. The molecule has 0 amide bonds. The number of rotatable bonds is 2. The van der Waals surface area contributed by atoms with Crippen LogP contribution >= 0.6 is 11.8 Å². The molecule has 2 unspecified atom stereocenters. The van der Waals surface area contributed by atoms with Gasteiger partial charge in [0.1, 0.15) is 16.5 Å². The van der Waals surface area contributed by atoms with Crippen molar-refractivity contribution in [2.24, 2.45) is 0 Å². The fraction of sp³-hybridized carbons (Fsp3) is 0.455. The molecule has 2 fully saturated rings. The van der Waals surface area contributed by atoms with Gasteiger partial charge < -0.3 is 0 Å². The van der Waals surface area contributed by atoms with E-state index in [2.05, 4.69) is 0 Å². The highest BCUT2D eigenvalue weighted by Gasteiger charge is 2.45. The molecular formula is C11H11F2NO2S2. The Morgan fingerprint density at radius 3 is 2.72 bits per heavy atom. The minimum Gasteiger partial charge on any atom is -0.207 e. The van der Waals surface area contributed by atoms with E-state index in [9.17, 15) is 17.2 Å². The number of halogens is 2. The van der Waals surface area contributed by atoms with Crippen LogP contribution in [0.5, 0.6) is 0 Å². The van der Waals surface area contributed by atoms with Crippen molar-refractivity contribution in [3.8, 4) is 0 Å². The molecule has 18 heavy (non-hydrogen) atoms. The van der Waals surface area contributed by atoms with Crippen molar-refractivity contribution in [3.63, 3.8) is 0 Å². The Hall–Kier alpha value is -0.660. The smallest absolute Gasteiger partial charge is 0.207 e. The Labute approximate surface area is 108 Å². The second-order valence-corrected chi connectivity index (χ2v) is 7.69. The number of thioether (sulfide) groups is 1. The van der Waals surface area contributed by atoms with Gasteiger partial charge in [0.05, 0.1) is 0 Å². The van der Waals surface area contributed by atoms with Crippen LogP contribution in [-0.2, 0) is 10.0 Å². The van der Waals surface area contributed by atoms with E-state index in [1.807, 2.05) is 0 Å². The molecule has 0 spiro atoms. The first-order valence-corrected chi connectivity index (χ1v) is 8.06. The fourth-order valence-electron chi connectivity index (χ4n) is 2.46. The van der Waals surface area contributed by atoms with Crippen LogP contribution in [0.4, 0.5) is 8.78 Å². The molecule has 1 aromatic rings. The average molecular weight is 291 g/mol. The van der Waals surface area contributed by atoms with E-state index in [1.165, 1.54) is 4.31 Å². The summed E-state index contributed by atoms with van der Waals surface area (Å²) in [6.07, 6.45) is 0.806. The van der Waals surface area contributed by atoms with E-state index >= 15 is 0 Å². The normalized spacial score (nSPS) is 27.9. The summed E-state index contributed by atoms with van der Waals surface area (Å²) < 4.78 is 52.6. The summed E-state index contributed by atoms with van der Waals surface area (Å²) in [4.78, 5) is -0.556. The predicted molar refractivity (Wildman–Crippen MR) is 64.9 cm³/mol. The second kappa shape index (κ2) is 4.18. The third kappa shape index (κ3) is 1.85. The minimum atomic E-state index is -3.92. The van der Waals surface area contributed by atoms with Crippen LogP contribution in [0.2, 0.25) is 0 Å². The lowest BCUT2D eigenvalue weighted by atomic mass is 10.3. The number of nitrogens with zero attached hydrogens (tertiary/aromatic N) is 1. The van der Waals surface area contributed by atoms with Crippen LogP contribution in [0, 0.1) is 11.6 Å². The lowest BCUT2D eigenvalue weighted by Gasteiger charge is -2.25. The molecule has 0 aliphatic carbocycles. The molecule has 2 bridgehead atoms. The van der Waals surface area contributed by atoms with E-state index in [1.54, 1.807) is 11.8 Å². The monoisotopic (exact) mass is 291 g/mol. The highest BCUT2D eigenvalue weighted by Crippen LogP contribution is 2.40. The molecule has 1 aromatic carbocycles. The third-order valence-electron chi connectivity index (χ3n) is 3.33. The summed E-state index contributed by atoms with van der Waals surface area (Å²) in [6, 6.07) is 2.45. The molecule has 0 aromatic heterocycles. The summed E-state index contributed by atoms with van der Waals surface area (Å²) in [5, 5.41) is 0.293. The summed E-state index contributed by atoms with van der Waals surface area (Å²) in [5.41, 5.74) is 0. The van der Waals surface area contributed by atoms with E-state index in [0.29, 0.717) is 11.8 Å². The number of sulfonamides is 1. The SMILES string of the molecule is O=S(=O)(c1cc(F)ccc1F)N1CC2CC1CS2. The van der Waals surface area contributed by atoms with Crippen molar-refractivity contribution >= 4 is 21.8 Å². The fourth-order valence-corrected chi connectivity index (χ4v) is 5.84. The molecule has 0 N–H and O–H groups in total. The van der Waals surface area contributed by atoms with Crippen molar-refractivity contribution < 1.29 is 17.2 Å². The molecule has 3 nitrogen and oxygen atoms in total. The lowest BCUT2D eigenvalue weighted by Crippen LogP contribution is -2.39. The van der Waals surface area contributed by atoms with Gasteiger partial charge in [0.2, 0.25) is 10.0 Å². The molecule has 2 aliphatic heterocycles. The van der Waals surface area contributed by atoms with Gasteiger partial charge in [-0.05, 0) is 24.6 Å². The second-order valence-electron chi connectivity index (χ2n) is 4.49. The zero-order chi connectivity index (χ0) is 12.9. The van der Waals surface area contributed by atoms with Crippen molar-refractivity contribution in [1.29, 1.82) is 0 Å². The maximum atomic E-state index is 13.6. The van der Waals surface area contributed by atoms with Crippen LogP contribution in [0.3, 0.4) is 0 Å². The van der Waals surface area contributed by atoms with E-state index in [0.717, 1.165) is 30.4 Å². The summed E-state index contributed by atoms with van der Waals surface area (Å²) in [5.74, 6) is -0.901. The first-order chi connectivity index (χ1) is 8.48. The molecule has 2 saturated heterocycles. The summed E-state index contributed by atoms with van der Waals surface area (Å²) in [7, 11) is -3.92. The Bertz CT molecular complexity index is 591. The van der Waals surface area contributed by atoms with Crippen molar-refractivity contribution in [3.05, 3.63) is 29.8 Å². The van der Waals surface area contributed by atoms with Gasteiger partial charge in [-0.25, -0.2) is 17.2 Å². The third-order valence-corrected chi connectivity index (χ3v) is 6.65. The predicted octanol–water partition coefficient (Wildman–Crippen LogP) is 1.84. The van der Waals surface area contributed by atoms with Crippen molar-refractivity contribution in [2.75, 3.05) is 12.3 Å². The van der Waals surface area contributed by atoms with Gasteiger partial charge in [-0.2, -0.15) is 16.1 Å². The molecule has 2 heterocycles. The number of fused-ring (bicyclic) bond motifs is 2. The van der Waals surface area contributed by atoms with Crippen LogP contribution in [-0.4, -0.2) is 36.3 Å². The topological polar surface area (TPSA) is 37.4 Å². The van der Waals surface area contributed by atoms with E-state index in [-0.39, 0.29) is 6.04 Å². The minimum absolute atomic E-state index is 0.0762. The van der Waals surface area contributed by atoms with Gasteiger partial charge in [0, 0.05) is 23.6 Å². The average Bonchev–Trinajstić information content (AvgIpc) is 2.94. The molecule has 3 rings (SSSR count). The number of benzene rings is 1. The van der Waals surface area contributed by atoms with Crippen molar-refractivity contribution in [2.45, 2.75) is 22.6 Å². The Kier molecular flexibility index (Phi) is 2.87. The molecule has 7 heteroatoms. The molecule has 2 aliphatic rings. The quantitative estimate of drug-likeness (QED) is 0.834. The zero-order valence-electron chi connectivity index (χ0n) is 9.34. The summed E-state index contributed by atoms with van der Waals surface area (Å²) >= 11 is 1.74. The largest absolute Gasteiger partial charge is 0.246 e. The van der Waals surface area contributed by atoms with Gasteiger partial charge in [0.25, 0.3) is 0 Å². The van der Waals surface area contributed by atoms with Gasteiger partial charge in [-0.1, -0.05) is 0 Å². The van der Waals surface area contributed by atoms with Crippen LogP contribution in [0.1, 0.15) is 6.42 Å². The molecule has 2 atom stereocenters. The number of hydrogen-bond donors (Lipinski definition) is 0. The highest BCUT2D eigenvalue weighted by atomic mass is 32.2. The standard InChI is InChI=1S/C11H11F2NO2S2/c12-7-1-2-10(13)11(3-7)18(15,16)14-5-9-4-8(14)6-17-9/h1-3,8-9H,4-6H2. The van der Waals surface area contributed by atoms with Crippen LogP contribution in [0.15, 0.2) is 23.1 Å². The number of hydrogen-bond acceptors (Lipinski definition) is 3. The molecule has 98 valence electrons. The van der Waals surface area contributed by atoms with Gasteiger partial charge >= 0.3 is 0 Å². The first kappa shape index (κ1) is 12.4. The van der Waals surface area contributed by atoms with Crippen molar-refractivity contribution in [1.82, 2.24) is 4.31 Å². The molecule has 0 saturated carbocycles. The van der Waals surface area contributed by atoms with Crippen LogP contribution in [0.25, 0.3) is 0 Å². The Morgan fingerprint density at radius 1 is 1.33 bits per heavy atom. The highest BCUT2D eigenvalue weighted by molar-refractivity contribution is 8.00. The van der Waals surface area contributed by atoms with Gasteiger partial charge in [0.15, 0.2) is 0 Å². The Balaban J connectivity index is 2.02. The van der Waals surface area contributed by atoms with Gasteiger partial charge in [-0.3, -0.25) is 0 Å². The lowest BCUT2D eigenvalue weighted by molar-refractivity contribution is 0.405. The first-order valence-electron chi connectivity index (χ1n) is 5.57. The van der Waals surface area contributed by atoms with Gasteiger partial charge in [-0.15, -0.1) is 0 Å². The zero-order valence-corrected chi connectivity index (χ0v) is 11.0. The maximum Gasteiger partial charge on any atom is 0.246 e. The Morgan fingerprint density at radius 2 is 2.11 bits per heavy atom. The van der Waals surface area contributed by atoms with E-state index < -0.39 is 26.6 Å². The summed E-state index contributed by atoms with van der Waals surface area (Å²) in [6.45, 7) is 0.396. The molecular weight excluding hydrogens is 280 g/mol. The van der Waals surface area contributed by atoms with Crippen LogP contribution < -0.4 is 0 Å². The van der Waals surface area contributed by atoms with E-state index in [4.69, 9.17) is 0 Å². The maximum absolute atomic E-state index is 13.6.